The van der Waals surface area contributed by atoms with Gasteiger partial charge in [0.2, 0.25) is 0 Å². The van der Waals surface area contributed by atoms with Crippen molar-refractivity contribution >= 4 is 17.0 Å². The molecule has 1 aromatic heterocycles. The second-order valence-corrected chi connectivity index (χ2v) is 8.87. The smallest absolute Gasteiger partial charge is 0.410 e. The number of phenols is 1. The number of benzene rings is 1. The van der Waals surface area contributed by atoms with Crippen molar-refractivity contribution in [2.45, 2.75) is 57.2 Å². The summed E-state index contributed by atoms with van der Waals surface area (Å²) in [4.78, 5) is 14.0. The van der Waals surface area contributed by atoms with E-state index < -0.39 is 5.60 Å². The average Bonchev–Trinajstić information content (AvgIpc) is 3.04. The first-order valence-electron chi connectivity index (χ1n) is 9.81. The first-order valence-corrected chi connectivity index (χ1v) is 9.81. The third kappa shape index (κ3) is 3.90. The molecule has 0 aliphatic carbocycles. The summed E-state index contributed by atoms with van der Waals surface area (Å²) >= 11 is 0. The Balaban J connectivity index is 1.41. The van der Waals surface area contributed by atoms with Gasteiger partial charge in [-0.3, -0.25) is 0 Å². The molecule has 1 spiro atoms. The van der Waals surface area contributed by atoms with Gasteiger partial charge in [0.05, 0.1) is 23.4 Å². The van der Waals surface area contributed by atoms with Gasteiger partial charge in [0.1, 0.15) is 11.4 Å². The van der Waals surface area contributed by atoms with Crippen molar-refractivity contribution in [3.05, 3.63) is 30.0 Å². The van der Waals surface area contributed by atoms with Crippen LogP contribution in [0.25, 0.3) is 10.9 Å². The van der Waals surface area contributed by atoms with Crippen LogP contribution in [0, 0.1) is 0 Å². The van der Waals surface area contributed by atoms with Gasteiger partial charge < -0.3 is 19.5 Å². The molecule has 0 radical (unpaired) electrons. The minimum absolute atomic E-state index is 0.173. The van der Waals surface area contributed by atoms with Crippen molar-refractivity contribution in [2.75, 3.05) is 19.7 Å². The molecule has 3 heterocycles. The number of hydrogen-bond donors (Lipinski definition) is 1. The molecule has 1 N–H and O–H groups in total. The van der Waals surface area contributed by atoms with Crippen LogP contribution < -0.4 is 0 Å². The fourth-order valence-corrected chi connectivity index (χ4v) is 4.05. The highest BCUT2D eigenvalue weighted by atomic mass is 16.6. The van der Waals surface area contributed by atoms with Gasteiger partial charge in [-0.1, -0.05) is 0 Å². The third-order valence-electron chi connectivity index (χ3n) is 5.54. The molecule has 1 aromatic carbocycles. The summed E-state index contributed by atoms with van der Waals surface area (Å²) in [5.41, 5.74) is 0.966. The van der Waals surface area contributed by atoms with E-state index in [0.717, 1.165) is 35.9 Å². The van der Waals surface area contributed by atoms with Gasteiger partial charge in [-0.15, -0.1) is 0 Å². The number of ether oxygens (including phenoxy) is 2. The highest BCUT2D eigenvalue weighted by Crippen LogP contribution is 2.42. The number of carbonyl (C=O) groups is 1. The molecule has 2 fully saturated rings. The van der Waals surface area contributed by atoms with Gasteiger partial charge in [-0.2, -0.15) is 10.2 Å². The molecule has 7 nitrogen and oxygen atoms in total. The molecule has 2 aromatic rings. The van der Waals surface area contributed by atoms with E-state index in [9.17, 15) is 9.90 Å². The molecular formula is C21H27N3O4. The highest BCUT2D eigenvalue weighted by molar-refractivity contribution is 5.79. The molecule has 2 aliphatic heterocycles. The molecule has 0 bridgehead atoms. The summed E-state index contributed by atoms with van der Waals surface area (Å²) in [7, 11) is 0. The van der Waals surface area contributed by atoms with Gasteiger partial charge in [0.25, 0.3) is 0 Å². The molecule has 0 saturated carbocycles. The Morgan fingerprint density at radius 2 is 2.00 bits per heavy atom. The topological polar surface area (TPSA) is 84.8 Å². The Kier molecular flexibility index (Phi) is 4.65. The van der Waals surface area contributed by atoms with Gasteiger partial charge in [-0.25, -0.2) is 4.79 Å². The van der Waals surface area contributed by atoms with Crippen LogP contribution in [0.3, 0.4) is 0 Å². The van der Waals surface area contributed by atoms with E-state index in [2.05, 4.69) is 10.2 Å². The summed E-state index contributed by atoms with van der Waals surface area (Å²) in [6.45, 7) is 7.52. The number of aromatic hydroxyl groups is 1. The number of likely N-dealkylation sites (tertiary alicyclic amines) is 1. The Bertz CT molecular complexity index is 885. The van der Waals surface area contributed by atoms with Gasteiger partial charge in [-0.05, 0) is 64.3 Å². The SMILES string of the molecule is CC(C)(C)OC(=O)N1CCC2(CC1)CC(c1cc3cc(O)ccc3nn1)CO2. The Hall–Kier alpha value is -2.41. The van der Waals surface area contributed by atoms with E-state index in [1.807, 2.05) is 26.8 Å². The van der Waals surface area contributed by atoms with E-state index in [-0.39, 0.29) is 23.4 Å². The molecule has 28 heavy (non-hydrogen) atoms. The van der Waals surface area contributed by atoms with E-state index in [1.165, 1.54) is 0 Å². The Labute approximate surface area is 164 Å². The minimum atomic E-state index is -0.482. The van der Waals surface area contributed by atoms with E-state index in [1.54, 1.807) is 23.1 Å². The number of rotatable bonds is 1. The van der Waals surface area contributed by atoms with Crippen LogP contribution in [0.15, 0.2) is 24.3 Å². The molecule has 1 unspecified atom stereocenters. The van der Waals surface area contributed by atoms with E-state index in [0.29, 0.717) is 19.7 Å². The van der Waals surface area contributed by atoms with Crippen molar-refractivity contribution in [3.8, 4) is 5.75 Å². The number of hydrogen-bond acceptors (Lipinski definition) is 6. The number of fused-ring (bicyclic) bond motifs is 1. The lowest BCUT2D eigenvalue weighted by Gasteiger charge is -2.39. The summed E-state index contributed by atoms with van der Waals surface area (Å²) < 4.78 is 11.7. The van der Waals surface area contributed by atoms with E-state index >= 15 is 0 Å². The molecule has 7 heteroatoms. The zero-order valence-electron chi connectivity index (χ0n) is 16.6. The predicted octanol–water partition coefficient (Wildman–Crippen LogP) is 3.61. The Morgan fingerprint density at radius 1 is 1.25 bits per heavy atom. The lowest BCUT2D eigenvalue weighted by molar-refractivity contribution is -0.0485. The maximum absolute atomic E-state index is 12.3. The Morgan fingerprint density at radius 3 is 2.71 bits per heavy atom. The van der Waals surface area contributed by atoms with Crippen molar-refractivity contribution in [2.24, 2.45) is 0 Å². The number of carbonyl (C=O) groups excluding carboxylic acids is 1. The zero-order valence-corrected chi connectivity index (χ0v) is 16.6. The van der Waals surface area contributed by atoms with Crippen molar-refractivity contribution < 1.29 is 19.4 Å². The lowest BCUT2D eigenvalue weighted by Crippen LogP contribution is -2.47. The quantitative estimate of drug-likeness (QED) is 0.807. The molecule has 4 rings (SSSR count). The number of amides is 1. The maximum atomic E-state index is 12.3. The number of aromatic nitrogens is 2. The molecule has 1 atom stereocenters. The summed E-state index contributed by atoms with van der Waals surface area (Å²) in [5, 5.41) is 19.3. The first-order chi connectivity index (χ1) is 13.2. The molecular weight excluding hydrogens is 358 g/mol. The van der Waals surface area contributed by atoms with Crippen molar-refractivity contribution in [1.29, 1.82) is 0 Å². The zero-order chi connectivity index (χ0) is 19.9. The number of nitrogens with zero attached hydrogens (tertiary/aromatic N) is 3. The lowest BCUT2D eigenvalue weighted by atomic mass is 9.84. The average molecular weight is 385 g/mol. The second-order valence-electron chi connectivity index (χ2n) is 8.87. The largest absolute Gasteiger partial charge is 0.508 e. The van der Waals surface area contributed by atoms with Crippen LogP contribution in [0.2, 0.25) is 0 Å². The van der Waals surface area contributed by atoms with Crippen LogP contribution in [0.5, 0.6) is 5.75 Å². The van der Waals surface area contributed by atoms with Gasteiger partial charge >= 0.3 is 6.09 Å². The summed E-state index contributed by atoms with van der Waals surface area (Å²) in [6.07, 6.45) is 2.21. The minimum Gasteiger partial charge on any atom is -0.508 e. The fraction of sp³-hybridized carbons (Fsp3) is 0.571. The predicted molar refractivity (Wildman–Crippen MR) is 104 cm³/mol. The number of phenolic OH excluding ortho intramolecular Hbond substituents is 1. The van der Waals surface area contributed by atoms with Crippen LogP contribution in [0.4, 0.5) is 4.79 Å². The van der Waals surface area contributed by atoms with Crippen molar-refractivity contribution in [3.63, 3.8) is 0 Å². The standard InChI is InChI=1S/C21H27N3O4/c1-20(2,3)28-19(26)24-8-6-21(7-9-24)12-15(13-27-21)18-11-14-10-16(25)4-5-17(14)22-23-18/h4-5,10-11,15,25H,6-9,12-13H2,1-3H3. The van der Waals surface area contributed by atoms with Gasteiger partial charge in [0, 0.05) is 24.4 Å². The van der Waals surface area contributed by atoms with Crippen LogP contribution in [-0.4, -0.2) is 57.2 Å². The first kappa shape index (κ1) is 18.9. The highest BCUT2D eigenvalue weighted by Gasteiger charge is 2.44. The number of piperidine rings is 1. The van der Waals surface area contributed by atoms with Crippen LogP contribution >= 0.6 is 0 Å². The summed E-state index contributed by atoms with van der Waals surface area (Å²) in [5.74, 6) is 0.396. The van der Waals surface area contributed by atoms with E-state index in [4.69, 9.17) is 9.47 Å². The normalized spacial score (nSPS) is 22.0. The molecule has 2 saturated heterocycles. The fourth-order valence-electron chi connectivity index (χ4n) is 4.05. The second kappa shape index (κ2) is 6.88. The maximum Gasteiger partial charge on any atom is 0.410 e. The monoisotopic (exact) mass is 385 g/mol. The van der Waals surface area contributed by atoms with Gasteiger partial charge in [0.15, 0.2) is 0 Å². The molecule has 150 valence electrons. The third-order valence-corrected chi connectivity index (χ3v) is 5.54. The summed E-state index contributed by atoms with van der Waals surface area (Å²) in [6, 6.07) is 7.08. The van der Waals surface area contributed by atoms with Crippen LogP contribution in [0.1, 0.15) is 51.6 Å². The molecule has 1 amide bonds. The van der Waals surface area contributed by atoms with Crippen molar-refractivity contribution in [1.82, 2.24) is 15.1 Å². The molecule has 2 aliphatic rings. The van der Waals surface area contributed by atoms with Crippen LogP contribution in [-0.2, 0) is 9.47 Å².